The molecule has 0 N–H and O–H groups in total. The fourth-order valence-electron chi connectivity index (χ4n) is 4.59. The zero-order valence-electron chi connectivity index (χ0n) is 13.9. The second-order valence-electron chi connectivity index (χ2n) is 7.51. The molecule has 0 aromatic rings. The van der Waals surface area contributed by atoms with Gasteiger partial charge >= 0.3 is 0 Å². The Morgan fingerprint density at radius 1 is 1.05 bits per heavy atom. The van der Waals surface area contributed by atoms with Crippen molar-refractivity contribution in [3.05, 3.63) is 0 Å². The normalized spacial score (nSPS) is 33.9. The van der Waals surface area contributed by atoms with Gasteiger partial charge in [-0.2, -0.15) is 0 Å². The number of ketones is 2. The zero-order valence-corrected chi connectivity index (χ0v) is 13.9. The maximum absolute atomic E-state index is 12.1. The van der Waals surface area contributed by atoms with Crippen LogP contribution in [0.15, 0.2) is 0 Å². The fourth-order valence-corrected chi connectivity index (χ4v) is 4.59. The monoisotopic (exact) mass is 292 g/mol. The Morgan fingerprint density at radius 3 is 2.38 bits per heavy atom. The summed E-state index contributed by atoms with van der Waals surface area (Å²) in [5.74, 6) is 3.40. The average Bonchev–Trinajstić information content (AvgIpc) is 2.47. The van der Waals surface area contributed by atoms with Crippen LogP contribution in [-0.4, -0.2) is 11.6 Å². The van der Waals surface area contributed by atoms with Gasteiger partial charge in [0.05, 0.1) is 0 Å². The van der Waals surface area contributed by atoms with E-state index < -0.39 is 0 Å². The van der Waals surface area contributed by atoms with Gasteiger partial charge in [0.15, 0.2) is 0 Å². The Bertz CT molecular complexity index is 353. The highest BCUT2D eigenvalue weighted by Crippen LogP contribution is 2.42. The van der Waals surface area contributed by atoms with E-state index in [1.165, 1.54) is 38.5 Å². The minimum Gasteiger partial charge on any atom is -0.300 e. The van der Waals surface area contributed by atoms with Gasteiger partial charge in [-0.3, -0.25) is 4.79 Å². The predicted octanol–water partition coefficient (Wildman–Crippen LogP) is 4.95. The maximum Gasteiger partial charge on any atom is 0.136 e. The average molecular weight is 292 g/mol. The molecule has 0 bridgehead atoms. The highest BCUT2D eigenvalue weighted by atomic mass is 16.1. The second kappa shape index (κ2) is 8.10. The first kappa shape index (κ1) is 16.7. The van der Waals surface area contributed by atoms with E-state index >= 15 is 0 Å². The van der Waals surface area contributed by atoms with Gasteiger partial charge in [-0.05, 0) is 56.8 Å². The van der Waals surface area contributed by atoms with Crippen molar-refractivity contribution < 1.29 is 9.59 Å². The van der Waals surface area contributed by atoms with Crippen LogP contribution in [0.1, 0.15) is 84.5 Å². The lowest BCUT2D eigenvalue weighted by Gasteiger charge is -2.38. The Hall–Kier alpha value is -0.660. The third-order valence-corrected chi connectivity index (χ3v) is 5.90. The lowest BCUT2D eigenvalue weighted by molar-refractivity contribution is -0.127. The Labute approximate surface area is 130 Å². The Balaban J connectivity index is 1.81. The summed E-state index contributed by atoms with van der Waals surface area (Å²) < 4.78 is 0. The molecule has 21 heavy (non-hydrogen) atoms. The van der Waals surface area contributed by atoms with Crippen LogP contribution in [0.25, 0.3) is 0 Å². The highest BCUT2D eigenvalue weighted by molar-refractivity contribution is 5.83. The quantitative estimate of drug-likeness (QED) is 0.694. The molecule has 2 nitrogen and oxygen atoms in total. The van der Waals surface area contributed by atoms with E-state index in [4.69, 9.17) is 0 Å². The largest absolute Gasteiger partial charge is 0.300 e. The molecule has 0 amide bonds. The third kappa shape index (κ3) is 4.93. The summed E-state index contributed by atoms with van der Waals surface area (Å²) in [6.07, 6.45) is 12.6. The summed E-state index contributed by atoms with van der Waals surface area (Å²) >= 11 is 0. The molecule has 0 radical (unpaired) electrons. The zero-order chi connectivity index (χ0) is 15.2. The van der Waals surface area contributed by atoms with Crippen molar-refractivity contribution in [2.24, 2.45) is 23.7 Å². The molecular weight excluding hydrogens is 260 g/mol. The van der Waals surface area contributed by atoms with Gasteiger partial charge < -0.3 is 4.79 Å². The minimum absolute atomic E-state index is 0.181. The third-order valence-electron chi connectivity index (χ3n) is 5.90. The summed E-state index contributed by atoms with van der Waals surface area (Å²) in [6, 6.07) is 0. The van der Waals surface area contributed by atoms with Crippen LogP contribution in [0.2, 0.25) is 0 Å². The van der Waals surface area contributed by atoms with Crippen LogP contribution in [0.4, 0.5) is 0 Å². The van der Waals surface area contributed by atoms with Gasteiger partial charge in [0.1, 0.15) is 11.6 Å². The molecule has 0 aromatic carbocycles. The molecule has 2 rings (SSSR count). The van der Waals surface area contributed by atoms with Gasteiger partial charge in [0.25, 0.3) is 0 Å². The van der Waals surface area contributed by atoms with E-state index in [1.807, 2.05) is 0 Å². The van der Waals surface area contributed by atoms with Crippen molar-refractivity contribution >= 4 is 11.6 Å². The van der Waals surface area contributed by atoms with Crippen LogP contribution in [0.3, 0.4) is 0 Å². The Morgan fingerprint density at radius 2 is 1.76 bits per heavy atom. The van der Waals surface area contributed by atoms with E-state index in [2.05, 4.69) is 6.92 Å². The standard InChI is InChI=1S/C19H32O2/c1-3-4-15-6-9-16(10-7-15)17-11-12-19(21)18(13-17)8-5-14(2)20/h15-18H,3-13H2,1-2H3. The molecule has 2 atom stereocenters. The second-order valence-corrected chi connectivity index (χ2v) is 7.51. The van der Waals surface area contributed by atoms with Gasteiger partial charge in [-0.15, -0.1) is 0 Å². The summed E-state index contributed by atoms with van der Waals surface area (Å²) in [5.41, 5.74) is 0. The number of hydrogen-bond donors (Lipinski definition) is 0. The molecule has 2 saturated carbocycles. The molecular formula is C19H32O2. The molecule has 0 aromatic heterocycles. The van der Waals surface area contributed by atoms with Gasteiger partial charge in [-0.25, -0.2) is 0 Å². The molecule has 0 aliphatic heterocycles. The first-order valence-electron chi connectivity index (χ1n) is 9.12. The van der Waals surface area contributed by atoms with E-state index in [0.717, 1.165) is 43.4 Å². The Kier molecular flexibility index (Phi) is 6.44. The van der Waals surface area contributed by atoms with Crippen molar-refractivity contribution in [3.8, 4) is 0 Å². The van der Waals surface area contributed by atoms with E-state index in [0.29, 0.717) is 12.2 Å². The smallest absolute Gasteiger partial charge is 0.136 e. The number of hydrogen-bond acceptors (Lipinski definition) is 2. The molecule has 0 spiro atoms. The topological polar surface area (TPSA) is 34.1 Å². The number of carbonyl (C=O) groups excluding carboxylic acids is 2. The molecule has 2 heteroatoms. The molecule has 2 aliphatic rings. The SMILES string of the molecule is CCCC1CCC(C2CCC(=O)C(CCC(C)=O)C2)CC1. The number of carbonyl (C=O) groups is 2. The van der Waals surface area contributed by atoms with Crippen molar-refractivity contribution in [1.82, 2.24) is 0 Å². The lowest BCUT2D eigenvalue weighted by Crippen LogP contribution is -2.31. The van der Waals surface area contributed by atoms with Crippen molar-refractivity contribution in [3.63, 3.8) is 0 Å². The molecule has 2 unspecified atom stereocenters. The van der Waals surface area contributed by atoms with Gasteiger partial charge in [-0.1, -0.05) is 32.6 Å². The molecule has 120 valence electrons. The van der Waals surface area contributed by atoms with Crippen LogP contribution in [0.5, 0.6) is 0 Å². The van der Waals surface area contributed by atoms with Crippen LogP contribution < -0.4 is 0 Å². The van der Waals surface area contributed by atoms with Crippen LogP contribution in [-0.2, 0) is 9.59 Å². The van der Waals surface area contributed by atoms with Crippen molar-refractivity contribution in [1.29, 1.82) is 0 Å². The van der Waals surface area contributed by atoms with E-state index in [9.17, 15) is 9.59 Å². The van der Waals surface area contributed by atoms with Gasteiger partial charge in [0.2, 0.25) is 0 Å². The van der Waals surface area contributed by atoms with Crippen LogP contribution in [0, 0.1) is 23.7 Å². The summed E-state index contributed by atoms with van der Waals surface area (Å²) in [5, 5.41) is 0. The molecule has 2 aliphatic carbocycles. The molecule has 0 heterocycles. The number of Topliss-reactive ketones (excluding diaryl/α,β-unsaturated/α-hetero) is 2. The summed E-state index contributed by atoms with van der Waals surface area (Å²) in [4.78, 5) is 23.2. The summed E-state index contributed by atoms with van der Waals surface area (Å²) in [6.45, 7) is 3.93. The first-order valence-corrected chi connectivity index (χ1v) is 9.12. The highest BCUT2D eigenvalue weighted by Gasteiger charge is 2.34. The maximum atomic E-state index is 12.1. The first-order chi connectivity index (χ1) is 10.1. The van der Waals surface area contributed by atoms with Crippen molar-refractivity contribution in [2.45, 2.75) is 84.5 Å². The predicted molar refractivity (Wildman–Crippen MR) is 86.1 cm³/mol. The molecule has 0 saturated heterocycles. The van der Waals surface area contributed by atoms with Crippen molar-refractivity contribution in [2.75, 3.05) is 0 Å². The van der Waals surface area contributed by atoms with Crippen LogP contribution >= 0.6 is 0 Å². The molecule has 2 fully saturated rings. The van der Waals surface area contributed by atoms with E-state index in [-0.39, 0.29) is 11.7 Å². The van der Waals surface area contributed by atoms with Gasteiger partial charge in [0, 0.05) is 18.8 Å². The van der Waals surface area contributed by atoms with E-state index in [1.54, 1.807) is 6.92 Å². The minimum atomic E-state index is 0.181. The summed E-state index contributed by atoms with van der Waals surface area (Å²) in [7, 11) is 0. The number of rotatable bonds is 6. The lowest BCUT2D eigenvalue weighted by atomic mass is 9.67. The fraction of sp³-hybridized carbons (Fsp3) is 0.895.